The van der Waals surface area contributed by atoms with Crippen LogP contribution in [-0.2, 0) is 27.9 Å². The molecule has 8 nitrogen and oxygen atoms in total. The number of nitrogens with two attached hydrogens (primary N) is 1. The summed E-state index contributed by atoms with van der Waals surface area (Å²) in [6, 6.07) is 0. The third kappa shape index (κ3) is 46.6. The van der Waals surface area contributed by atoms with Crippen molar-refractivity contribution in [2.75, 3.05) is 33.0 Å². The molecule has 0 heterocycles. The maximum Gasteiger partial charge on any atom is 0.472 e. The van der Waals surface area contributed by atoms with Crippen molar-refractivity contribution in [3.05, 3.63) is 0 Å². The Morgan fingerprint density at radius 1 is 0.448 bits per heavy atom. The van der Waals surface area contributed by atoms with Crippen molar-refractivity contribution in [1.29, 1.82) is 0 Å². The van der Waals surface area contributed by atoms with E-state index in [4.69, 9.17) is 24.3 Å². The lowest BCUT2D eigenvalue weighted by atomic mass is 10.0. The first-order valence-electron chi connectivity index (χ1n) is 25.5. The van der Waals surface area contributed by atoms with Gasteiger partial charge in [0, 0.05) is 19.6 Å². The maximum absolute atomic E-state index is 12.6. The third-order valence-corrected chi connectivity index (χ3v) is 12.5. The van der Waals surface area contributed by atoms with E-state index in [1.165, 1.54) is 218 Å². The van der Waals surface area contributed by atoms with Crippen LogP contribution in [0.25, 0.3) is 0 Å². The van der Waals surface area contributed by atoms with E-state index < -0.39 is 13.9 Å². The molecule has 0 saturated carbocycles. The van der Waals surface area contributed by atoms with Crippen LogP contribution in [-0.4, -0.2) is 49.9 Å². The van der Waals surface area contributed by atoms with E-state index >= 15 is 0 Å². The summed E-state index contributed by atoms with van der Waals surface area (Å²) in [5.74, 6) is -0.321. The largest absolute Gasteiger partial charge is 0.472 e. The van der Waals surface area contributed by atoms with Crippen LogP contribution < -0.4 is 5.73 Å². The molecule has 0 aliphatic heterocycles. The molecular weight excluding hydrogens is 746 g/mol. The molecule has 2 atom stereocenters. The van der Waals surface area contributed by atoms with Gasteiger partial charge in [-0.25, -0.2) is 4.57 Å². The van der Waals surface area contributed by atoms with Gasteiger partial charge in [-0.05, 0) is 12.8 Å². The summed E-state index contributed by atoms with van der Waals surface area (Å²) in [6.07, 6.45) is 51.3. The predicted molar refractivity (Wildman–Crippen MR) is 248 cm³/mol. The number of carbonyl (C=O) groups is 1. The highest BCUT2D eigenvalue weighted by molar-refractivity contribution is 7.47. The zero-order valence-corrected chi connectivity index (χ0v) is 39.7. The summed E-state index contributed by atoms with van der Waals surface area (Å²) in [4.78, 5) is 22.6. The third-order valence-electron chi connectivity index (χ3n) is 11.5. The number of phosphoric acid groups is 1. The predicted octanol–water partition coefficient (Wildman–Crippen LogP) is 15.7. The van der Waals surface area contributed by atoms with Crippen LogP contribution in [0.15, 0.2) is 0 Å². The highest BCUT2D eigenvalue weighted by Crippen LogP contribution is 2.43. The Balaban J connectivity index is 3.88. The molecule has 0 aliphatic carbocycles. The van der Waals surface area contributed by atoms with Gasteiger partial charge in [-0.3, -0.25) is 13.8 Å². The normalized spacial score (nSPS) is 13.2. The van der Waals surface area contributed by atoms with Gasteiger partial charge in [-0.1, -0.05) is 251 Å². The molecule has 0 bridgehead atoms. The monoisotopic (exact) mass is 846 g/mol. The Morgan fingerprint density at radius 2 is 0.759 bits per heavy atom. The lowest BCUT2D eigenvalue weighted by molar-refractivity contribution is -0.154. The minimum atomic E-state index is -4.27. The molecule has 0 radical (unpaired) electrons. The number of esters is 1. The molecule has 0 amide bonds. The zero-order chi connectivity index (χ0) is 42.3. The van der Waals surface area contributed by atoms with Crippen LogP contribution in [0.2, 0.25) is 0 Å². The molecule has 9 heteroatoms. The first-order chi connectivity index (χ1) is 28.4. The van der Waals surface area contributed by atoms with Gasteiger partial charge in [0.1, 0.15) is 6.10 Å². The summed E-state index contributed by atoms with van der Waals surface area (Å²) in [6.45, 7) is 5.01. The molecule has 0 aromatic carbocycles. The lowest BCUT2D eigenvalue weighted by Crippen LogP contribution is -2.28. The minimum Gasteiger partial charge on any atom is -0.457 e. The smallest absolute Gasteiger partial charge is 0.457 e. The van der Waals surface area contributed by atoms with E-state index in [-0.39, 0.29) is 32.3 Å². The fourth-order valence-corrected chi connectivity index (χ4v) is 8.53. The molecule has 0 rings (SSSR count). The number of ether oxygens (including phenoxy) is 2. The number of hydrogen-bond donors (Lipinski definition) is 2. The van der Waals surface area contributed by atoms with Crippen molar-refractivity contribution in [2.45, 2.75) is 277 Å². The minimum absolute atomic E-state index is 0.0897. The van der Waals surface area contributed by atoms with Gasteiger partial charge in [0.25, 0.3) is 0 Å². The van der Waals surface area contributed by atoms with E-state index in [0.29, 0.717) is 13.0 Å². The van der Waals surface area contributed by atoms with Crippen molar-refractivity contribution < 1.29 is 32.8 Å². The molecule has 0 spiro atoms. The average Bonchev–Trinajstić information content (AvgIpc) is 3.21. The number of rotatable bonds is 50. The lowest BCUT2D eigenvalue weighted by Gasteiger charge is -2.20. The SMILES string of the molecule is CCCCCCCCCCCCCCCCCCCCCCCC(=O)OC(COCCCCCCCCCCCCCCCCCCCC)COP(=O)(O)OCCN. The highest BCUT2D eigenvalue weighted by atomic mass is 31.2. The molecule has 348 valence electrons. The van der Waals surface area contributed by atoms with Gasteiger partial charge in [0.05, 0.1) is 19.8 Å². The molecule has 2 unspecified atom stereocenters. The van der Waals surface area contributed by atoms with Crippen molar-refractivity contribution >= 4 is 13.8 Å². The van der Waals surface area contributed by atoms with Gasteiger partial charge in [0.15, 0.2) is 0 Å². The molecule has 0 aromatic rings. The van der Waals surface area contributed by atoms with Crippen LogP contribution in [0.4, 0.5) is 0 Å². The summed E-state index contributed by atoms with van der Waals surface area (Å²) in [5, 5.41) is 0. The van der Waals surface area contributed by atoms with Crippen LogP contribution >= 0.6 is 7.82 Å². The summed E-state index contributed by atoms with van der Waals surface area (Å²) >= 11 is 0. The van der Waals surface area contributed by atoms with E-state index in [1.54, 1.807) is 0 Å². The van der Waals surface area contributed by atoms with E-state index in [9.17, 15) is 14.3 Å². The number of unbranched alkanes of at least 4 members (excludes halogenated alkanes) is 37. The Kier molecular flexibility index (Phi) is 47.1. The number of phosphoric ester groups is 1. The quantitative estimate of drug-likeness (QED) is 0.0353. The van der Waals surface area contributed by atoms with Crippen LogP contribution in [0.5, 0.6) is 0 Å². The second-order valence-electron chi connectivity index (χ2n) is 17.4. The van der Waals surface area contributed by atoms with E-state index in [1.807, 2.05) is 0 Å². The van der Waals surface area contributed by atoms with E-state index in [2.05, 4.69) is 13.8 Å². The number of carbonyl (C=O) groups excluding carboxylic acids is 1. The Labute approximate surface area is 361 Å². The second kappa shape index (κ2) is 47.5. The maximum atomic E-state index is 12.6. The van der Waals surface area contributed by atoms with Crippen LogP contribution in [0.1, 0.15) is 271 Å². The molecule has 0 fully saturated rings. The molecule has 0 aromatic heterocycles. The summed E-state index contributed by atoms with van der Waals surface area (Å²) in [7, 11) is -4.27. The first-order valence-corrected chi connectivity index (χ1v) is 27.0. The van der Waals surface area contributed by atoms with Crippen molar-refractivity contribution in [3.8, 4) is 0 Å². The molecule has 0 aliphatic rings. The topological polar surface area (TPSA) is 117 Å². The average molecular weight is 846 g/mol. The molecule has 3 N–H and O–H groups in total. The highest BCUT2D eigenvalue weighted by Gasteiger charge is 2.25. The van der Waals surface area contributed by atoms with Gasteiger partial charge in [-0.2, -0.15) is 0 Å². The van der Waals surface area contributed by atoms with Crippen molar-refractivity contribution in [3.63, 3.8) is 0 Å². The van der Waals surface area contributed by atoms with E-state index in [0.717, 1.165) is 32.1 Å². The molecule has 0 saturated heterocycles. The van der Waals surface area contributed by atoms with Crippen LogP contribution in [0, 0.1) is 0 Å². The fourth-order valence-electron chi connectivity index (χ4n) is 7.77. The van der Waals surface area contributed by atoms with Crippen molar-refractivity contribution in [2.24, 2.45) is 5.73 Å². The fraction of sp³-hybridized carbons (Fsp3) is 0.980. The molecular formula is C49H100NO7P. The first kappa shape index (κ1) is 57.5. The zero-order valence-electron chi connectivity index (χ0n) is 38.8. The van der Waals surface area contributed by atoms with Crippen molar-refractivity contribution in [1.82, 2.24) is 0 Å². The Bertz CT molecular complexity index is 863. The van der Waals surface area contributed by atoms with Crippen LogP contribution in [0.3, 0.4) is 0 Å². The van der Waals surface area contributed by atoms with Gasteiger partial charge in [0.2, 0.25) is 0 Å². The Hall–Kier alpha value is -0.500. The standard InChI is InChI=1S/C49H100NO7P/c1-3-5-7-9-11-13-15-17-19-21-23-24-25-26-28-30-32-34-36-38-40-42-49(51)57-48(47-56-58(52,53)55-45-43-50)46-54-44-41-39-37-35-33-31-29-27-22-20-18-16-14-12-10-8-6-4-2/h48H,3-47,50H2,1-2H3,(H,52,53). The van der Waals surface area contributed by atoms with Gasteiger partial charge in [-0.15, -0.1) is 0 Å². The summed E-state index contributed by atoms with van der Waals surface area (Å²) < 4.78 is 33.6. The summed E-state index contributed by atoms with van der Waals surface area (Å²) in [5.41, 5.74) is 5.39. The Morgan fingerprint density at radius 3 is 1.09 bits per heavy atom. The molecule has 58 heavy (non-hydrogen) atoms. The van der Waals surface area contributed by atoms with Gasteiger partial charge < -0.3 is 20.1 Å². The second-order valence-corrected chi connectivity index (χ2v) is 18.9. The van der Waals surface area contributed by atoms with Gasteiger partial charge >= 0.3 is 13.8 Å². The number of hydrogen-bond acceptors (Lipinski definition) is 7.